The number of ether oxygens (including phenoxy) is 1. The smallest absolute Gasteiger partial charge is 0.367 e. The topological polar surface area (TPSA) is 26.3 Å². The van der Waals surface area contributed by atoms with Gasteiger partial charge in [-0.05, 0) is 11.8 Å². The zero-order chi connectivity index (χ0) is 8.20. The lowest BCUT2D eigenvalue weighted by atomic mass is 10.8. The standard InChI is InChI=1S/C4H4Cl3O2S/c1-10-3(8)9-2-4(5,6)7/h1-2H2. The molecule has 6 heteroatoms. The van der Waals surface area contributed by atoms with Gasteiger partial charge in [0.15, 0.2) is 0 Å². The third-order valence-corrected chi connectivity index (χ3v) is 1.15. The Hall–Kier alpha value is 0.690. The fourth-order valence-corrected chi connectivity index (χ4v) is 0.488. The van der Waals surface area contributed by atoms with E-state index in [-0.39, 0.29) is 6.61 Å². The second-order valence-electron chi connectivity index (χ2n) is 1.30. The van der Waals surface area contributed by atoms with Crippen molar-refractivity contribution in [2.75, 3.05) is 6.61 Å². The van der Waals surface area contributed by atoms with Crippen molar-refractivity contribution in [1.29, 1.82) is 0 Å². The summed E-state index contributed by atoms with van der Waals surface area (Å²) in [6, 6.07) is 0. The lowest BCUT2D eigenvalue weighted by molar-refractivity contribution is 0.177. The Morgan fingerprint density at radius 3 is 2.40 bits per heavy atom. The molecule has 59 valence electrons. The molecule has 0 unspecified atom stereocenters. The number of hydrogen-bond acceptors (Lipinski definition) is 3. The molecule has 0 atom stereocenters. The minimum Gasteiger partial charge on any atom is -0.453 e. The summed E-state index contributed by atoms with van der Waals surface area (Å²) in [6.07, 6.45) is 3.20. The van der Waals surface area contributed by atoms with E-state index in [1.54, 1.807) is 0 Å². The number of hydrogen-bond donors (Lipinski definition) is 0. The molecule has 0 saturated heterocycles. The summed E-state index contributed by atoms with van der Waals surface area (Å²) >= 11 is 16.5. The van der Waals surface area contributed by atoms with Gasteiger partial charge in [0.1, 0.15) is 6.61 Å². The number of thioether (sulfide) groups is 1. The average molecular weight is 222 g/mol. The highest BCUT2D eigenvalue weighted by atomic mass is 35.6. The van der Waals surface area contributed by atoms with Crippen molar-refractivity contribution >= 4 is 51.9 Å². The van der Waals surface area contributed by atoms with Crippen molar-refractivity contribution in [2.45, 2.75) is 3.79 Å². The first-order chi connectivity index (χ1) is 4.45. The Bertz CT molecular complexity index is 122. The van der Waals surface area contributed by atoms with Crippen LogP contribution in [0.5, 0.6) is 0 Å². The first kappa shape index (κ1) is 10.7. The molecule has 0 bridgehead atoms. The maximum atomic E-state index is 10.4. The molecule has 0 aliphatic carbocycles. The van der Waals surface area contributed by atoms with Crippen LogP contribution in [-0.2, 0) is 4.74 Å². The largest absolute Gasteiger partial charge is 0.453 e. The van der Waals surface area contributed by atoms with Gasteiger partial charge in [0.05, 0.1) is 0 Å². The second-order valence-corrected chi connectivity index (χ2v) is 4.44. The third-order valence-electron chi connectivity index (χ3n) is 0.472. The average Bonchev–Trinajstić information content (AvgIpc) is 1.81. The van der Waals surface area contributed by atoms with Crippen molar-refractivity contribution in [3.05, 3.63) is 6.26 Å². The van der Waals surface area contributed by atoms with Crippen molar-refractivity contribution in [1.82, 2.24) is 0 Å². The fraction of sp³-hybridized carbons (Fsp3) is 0.500. The monoisotopic (exact) mass is 221 g/mol. The molecule has 0 aromatic heterocycles. The van der Waals surface area contributed by atoms with Gasteiger partial charge in [-0.3, -0.25) is 0 Å². The first-order valence-electron chi connectivity index (χ1n) is 2.11. The molecule has 0 aliphatic rings. The van der Waals surface area contributed by atoms with Gasteiger partial charge in [0, 0.05) is 6.26 Å². The van der Waals surface area contributed by atoms with Gasteiger partial charge in [0.2, 0.25) is 3.79 Å². The molecule has 0 amide bonds. The highest BCUT2D eigenvalue weighted by Gasteiger charge is 2.21. The van der Waals surface area contributed by atoms with Crippen molar-refractivity contribution in [2.24, 2.45) is 0 Å². The number of halogens is 3. The lowest BCUT2D eigenvalue weighted by Crippen LogP contribution is -2.14. The van der Waals surface area contributed by atoms with Crippen LogP contribution in [0.3, 0.4) is 0 Å². The Kier molecular flexibility index (Phi) is 4.86. The Morgan fingerprint density at radius 1 is 1.60 bits per heavy atom. The summed E-state index contributed by atoms with van der Waals surface area (Å²) in [5.74, 6) is 0. The predicted octanol–water partition coefficient (Wildman–Crippen LogP) is 3.02. The van der Waals surface area contributed by atoms with E-state index in [1.165, 1.54) is 0 Å². The Morgan fingerprint density at radius 2 is 2.10 bits per heavy atom. The van der Waals surface area contributed by atoms with Crippen LogP contribution < -0.4 is 0 Å². The Labute approximate surface area is 78.1 Å². The van der Waals surface area contributed by atoms with E-state index in [9.17, 15) is 4.79 Å². The van der Waals surface area contributed by atoms with Gasteiger partial charge < -0.3 is 4.74 Å². The van der Waals surface area contributed by atoms with E-state index < -0.39 is 9.09 Å². The van der Waals surface area contributed by atoms with E-state index in [4.69, 9.17) is 34.8 Å². The third kappa shape index (κ3) is 6.81. The maximum absolute atomic E-state index is 10.4. The quantitative estimate of drug-likeness (QED) is 0.504. The molecule has 0 fully saturated rings. The van der Waals surface area contributed by atoms with E-state index in [2.05, 4.69) is 11.0 Å². The van der Waals surface area contributed by atoms with Gasteiger partial charge in [0.25, 0.3) is 0 Å². The Balaban J connectivity index is 3.46. The summed E-state index contributed by atoms with van der Waals surface area (Å²) in [4.78, 5) is 10.4. The normalized spacial score (nSPS) is 11.2. The molecule has 2 nitrogen and oxygen atoms in total. The van der Waals surface area contributed by atoms with E-state index in [1.807, 2.05) is 0 Å². The van der Waals surface area contributed by atoms with Gasteiger partial charge in [-0.2, -0.15) is 0 Å². The molecular formula is C4H4Cl3O2S. The van der Waals surface area contributed by atoms with Crippen LogP contribution in [0, 0.1) is 6.26 Å². The molecule has 0 aliphatic heterocycles. The van der Waals surface area contributed by atoms with Crippen molar-refractivity contribution in [3.63, 3.8) is 0 Å². The molecule has 0 heterocycles. The van der Waals surface area contributed by atoms with Gasteiger partial charge in [-0.1, -0.05) is 34.8 Å². The van der Waals surface area contributed by atoms with Crippen LogP contribution in [0.2, 0.25) is 0 Å². The SMILES string of the molecule is [CH2]SC(=O)OCC(Cl)(Cl)Cl. The van der Waals surface area contributed by atoms with Crippen molar-refractivity contribution in [3.8, 4) is 0 Å². The van der Waals surface area contributed by atoms with Crippen LogP contribution >= 0.6 is 46.6 Å². The summed E-state index contributed by atoms with van der Waals surface area (Å²) < 4.78 is 2.88. The van der Waals surface area contributed by atoms with Crippen molar-refractivity contribution < 1.29 is 9.53 Å². The number of carbonyl (C=O) groups excluding carboxylic acids is 1. The van der Waals surface area contributed by atoms with Crippen LogP contribution in [0.1, 0.15) is 0 Å². The zero-order valence-corrected chi connectivity index (χ0v) is 7.86. The summed E-state index contributed by atoms with van der Waals surface area (Å²) in [7, 11) is 0. The van der Waals surface area contributed by atoms with Gasteiger partial charge in [-0.15, -0.1) is 0 Å². The van der Waals surface area contributed by atoms with E-state index in [0.29, 0.717) is 11.8 Å². The maximum Gasteiger partial charge on any atom is 0.367 e. The predicted molar refractivity (Wildman–Crippen MR) is 44.6 cm³/mol. The molecule has 0 N–H and O–H groups in total. The molecule has 0 saturated carbocycles. The number of rotatable bonds is 1. The second kappa shape index (κ2) is 4.54. The van der Waals surface area contributed by atoms with E-state index in [0.717, 1.165) is 0 Å². The molecule has 0 spiro atoms. The van der Waals surface area contributed by atoms with Crippen LogP contribution in [-0.4, -0.2) is 15.7 Å². The number of carbonyl (C=O) groups is 1. The summed E-state index contributed by atoms with van der Waals surface area (Å²) in [5.41, 5.74) is 0. The molecule has 0 rings (SSSR count). The molecule has 1 radical (unpaired) electrons. The van der Waals surface area contributed by atoms with Crippen LogP contribution in [0.4, 0.5) is 4.79 Å². The lowest BCUT2D eigenvalue weighted by Gasteiger charge is -2.09. The van der Waals surface area contributed by atoms with Gasteiger partial charge in [-0.25, -0.2) is 4.79 Å². The minimum absolute atomic E-state index is 0.251. The summed E-state index contributed by atoms with van der Waals surface area (Å²) in [6.45, 7) is -0.251. The summed E-state index contributed by atoms with van der Waals surface area (Å²) in [5, 5.41) is -0.564. The molecule has 0 aromatic rings. The van der Waals surface area contributed by atoms with E-state index >= 15 is 0 Å². The molecule has 10 heavy (non-hydrogen) atoms. The molecule has 0 aromatic carbocycles. The fourth-order valence-electron chi connectivity index (χ4n) is 0.182. The van der Waals surface area contributed by atoms with Crippen LogP contribution in [0.15, 0.2) is 0 Å². The zero-order valence-electron chi connectivity index (χ0n) is 4.77. The highest BCUT2D eigenvalue weighted by molar-refractivity contribution is 8.14. The highest BCUT2D eigenvalue weighted by Crippen LogP contribution is 2.26. The van der Waals surface area contributed by atoms with Gasteiger partial charge >= 0.3 is 5.30 Å². The number of alkyl halides is 3. The first-order valence-corrected chi connectivity index (χ1v) is 4.23. The van der Waals surface area contributed by atoms with Crippen LogP contribution in [0.25, 0.3) is 0 Å². The minimum atomic E-state index is -1.54. The molecular weight excluding hydrogens is 218 g/mol.